The van der Waals surface area contributed by atoms with Gasteiger partial charge in [-0.2, -0.15) is 0 Å². The maximum absolute atomic E-state index is 3.25. The summed E-state index contributed by atoms with van der Waals surface area (Å²) in [6.07, 6.45) is 2.45. The largest absolute Gasteiger partial charge is 0.320 e. The highest BCUT2D eigenvalue weighted by molar-refractivity contribution is 4.61. The van der Waals surface area contributed by atoms with Crippen LogP contribution in [0.15, 0.2) is 0 Å². The van der Waals surface area contributed by atoms with Crippen LogP contribution in [0.5, 0.6) is 0 Å². The molecule has 0 fully saturated rings. The predicted molar refractivity (Wildman–Crippen MR) is 53.0 cm³/mol. The molecule has 1 unspecified atom stereocenters. The zero-order valence-electron chi connectivity index (χ0n) is 8.70. The first-order valence-corrected chi connectivity index (χ1v) is 4.67. The maximum Gasteiger partial charge on any atom is 0.00735 e. The average Bonchev–Trinajstić information content (AvgIpc) is 2.10. The number of rotatable bonds is 5. The van der Waals surface area contributed by atoms with Crippen LogP contribution in [0.4, 0.5) is 0 Å². The van der Waals surface area contributed by atoms with Crippen LogP contribution in [-0.2, 0) is 0 Å². The van der Waals surface area contributed by atoms with Crippen molar-refractivity contribution in [3.05, 3.63) is 0 Å². The van der Waals surface area contributed by atoms with Gasteiger partial charge in [-0.1, -0.05) is 20.8 Å². The predicted octanol–water partition coefficient (Wildman–Crippen LogP) is 1.62. The molecule has 0 spiro atoms. The van der Waals surface area contributed by atoms with E-state index in [1.807, 2.05) is 27.9 Å². The number of hydrogen-bond acceptors (Lipinski definition) is 2. The highest BCUT2D eigenvalue weighted by atomic mass is 14.9. The van der Waals surface area contributed by atoms with Gasteiger partial charge in [0.1, 0.15) is 0 Å². The van der Waals surface area contributed by atoms with Crippen molar-refractivity contribution in [1.29, 1.82) is 0 Å². The van der Waals surface area contributed by atoms with Crippen LogP contribution >= 0.6 is 0 Å². The minimum absolute atomic E-state index is 0.692. The highest BCUT2D eigenvalue weighted by Gasteiger charge is 1.99. The van der Waals surface area contributed by atoms with Gasteiger partial charge in [-0.15, -0.1) is 0 Å². The van der Waals surface area contributed by atoms with Crippen LogP contribution in [0, 0.1) is 0 Å². The van der Waals surface area contributed by atoms with Crippen molar-refractivity contribution in [3.63, 3.8) is 0 Å². The molecule has 0 aromatic carbocycles. The normalized spacial score (nSPS) is 11.7. The van der Waals surface area contributed by atoms with Crippen LogP contribution in [0.1, 0.15) is 33.6 Å². The van der Waals surface area contributed by atoms with Crippen LogP contribution < -0.4 is 10.6 Å². The zero-order valence-corrected chi connectivity index (χ0v) is 8.70. The molecule has 11 heavy (non-hydrogen) atoms. The Bertz CT molecular complexity index is 51.5. The summed E-state index contributed by atoms with van der Waals surface area (Å²) in [6, 6.07) is 0.692. The molecule has 70 valence electrons. The molecule has 2 N–H and O–H groups in total. The van der Waals surface area contributed by atoms with Crippen molar-refractivity contribution in [2.24, 2.45) is 0 Å². The third kappa shape index (κ3) is 9.92. The molecule has 2 nitrogen and oxygen atoms in total. The van der Waals surface area contributed by atoms with E-state index in [1.165, 1.54) is 12.8 Å². The quantitative estimate of drug-likeness (QED) is 0.638. The fourth-order valence-electron chi connectivity index (χ4n) is 0.871. The number of hydrogen-bond donors (Lipinski definition) is 2. The Morgan fingerprint density at radius 1 is 1.18 bits per heavy atom. The van der Waals surface area contributed by atoms with Crippen molar-refractivity contribution < 1.29 is 0 Å². The van der Waals surface area contributed by atoms with Gasteiger partial charge in [-0.3, -0.25) is 0 Å². The summed E-state index contributed by atoms with van der Waals surface area (Å²) in [5.41, 5.74) is 0. The van der Waals surface area contributed by atoms with Gasteiger partial charge in [0.15, 0.2) is 0 Å². The second-order valence-electron chi connectivity index (χ2n) is 2.29. The third-order valence-corrected chi connectivity index (χ3v) is 1.64. The summed E-state index contributed by atoms with van der Waals surface area (Å²) in [4.78, 5) is 0. The Labute approximate surface area is 71.8 Å². The van der Waals surface area contributed by atoms with Crippen molar-refractivity contribution >= 4 is 0 Å². The van der Waals surface area contributed by atoms with E-state index < -0.39 is 0 Å². The van der Waals surface area contributed by atoms with Crippen molar-refractivity contribution in [2.45, 2.75) is 39.7 Å². The minimum Gasteiger partial charge on any atom is -0.320 e. The molecular weight excluding hydrogens is 136 g/mol. The van der Waals surface area contributed by atoms with E-state index in [4.69, 9.17) is 0 Å². The molecule has 1 atom stereocenters. The molecule has 2 heteroatoms. The first kappa shape index (κ1) is 13.5. The average molecular weight is 160 g/mol. The van der Waals surface area contributed by atoms with Crippen LogP contribution in [0.3, 0.4) is 0 Å². The van der Waals surface area contributed by atoms with Gasteiger partial charge >= 0.3 is 0 Å². The third-order valence-electron chi connectivity index (χ3n) is 1.64. The Morgan fingerprint density at radius 2 is 1.73 bits per heavy atom. The molecule has 0 aliphatic rings. The molecule has 0 aromatic heterocycles. The summed E-state index contributed by atoms with van der Waals surface area (Å²) in [7, 11) is 4.01. The van der Waals surface area contributed by atoms with Crippen LogP contribution in [0.25, 0.3) is 0 Å². The summed E-state index contributed by atoms with van der Waals surface area (Å²) < 4.78 is 0. The van der Waals surface area contributed by atoms with Gasteiger partial charge in [0, 0.05) is 6.04 Å². The maximum atomic E-state index is 3.25. The van der Waals surface area contributed by atoms with Gasteiger partial charge in [-0.25, -0.2) is 0 Å². The van der Waals surface area contributed by atoms with E-state index in [2.05, 4.69) is 17.6 Å². The first-order valence-electron chi connectivity index (χ1n) is 4.67. The Morgan fingerprint density at radius 3 is 2.00 bits per heavy atom. The lowest BCUT2D eigenvalue weighted by molar-refractivity contribution is 0.498. The molecule has 0 radical (unpaired) electrons. The summed E-state index contributed by atoms with van der Waals surface area (Å²) >= 11 is 0. The van der Waals surface area contributed by atoms with Crippen molar-refractivity contribution in [3.8, 4) is 0 Å². The minimum atomic E-state index is 0.692. The molecule has 0 bridgehead atoms. The number of nitrogens with one attached hydrogen (secondary N) is 2. The van der Waals surface area contributed by atoms with E-state index in [1.54, 1.807) is 0 Å². The van der Waals surface area contributed by atoms with Gasteiger partial charge in [0.2, 0.25) is 0 Å². The Kier molecular flexibility index (Phi) is 15.4. The van der Waals surface area contributed by atoms with Crippen molar-refractivity contribution in [2.75, 3.05) is 20.6 Å². The fraction of sp³-hybridized carbons (Fsp3) is 1.00. The molecule has 0 saturated heterocycles. The molecule has 0 saturated carbocycles. The van der Waals surface area contributed by atoms with E-state index in [9.17, 15) is 0 Å². The zero-order chi connectivity index (χ0) is 9.11. The molecular formula is C9H24N2. The van der Waals surface area contributed by atoms with Crippen LogP contribution in [0.2, 0.25) is 0 Å². The second kappa shape index (κ2) is 12.6. The topological polar surface area (TPSA) is 24.1 Å². The Balaban J connectivity index is 0. The summed E-state index contributed by atoms with van der Waals surface area (Å²) in [5.74, 6) is 0. The van der Waals surface area contributed by atoms with Gasteiger partial charge in [0.05, 0.1) is 0 Å². The Hall–Kier alpha value is -0.0800. The molecule has 0 rings (SSSR count). The van der Waals surface area contributed by atoms with Crippen molar-refractivity contribution in [1.82, 2.24) is 10.6 Å². The van der Waals surface area contributed by atoms with E-state index in [-0.39, 0.29) is 0 Å². The SMILES string of the molecule is CC.CCC(CCNC)NC. The second-order valence-corrected chi connectivity index (χ2v) is 2.29. The molecule has 0 aromatic rings. The standard InChI is InChI=1S/C7H18N2.C2H6/c1-4-7(9-3)5-6-8-2;1-2/h7-9H,4-6H2,1-3H3;1-2H3. The van der Waals surface area contributed by atoms with E-state index >= 15 is 0 Å². The lowest BCUT2D eigenvalue weighted by Crippen LogP contribution is -2.27. The first-order chi connectivity index (χ1) is 5.35. The van der Waals surface area contributed by atoms with E-state index in [0.717, 1.165) is 6.54 Å². The van der Waals surface area contributed by atoms with Gasteiger partial charge < -0.3 is 10.6 Å². The van der Waals surface area contributed by atoms with E-state index in [0.29, 0.717) is 6.04 Å². The smallest absolute Gasteiger partial charge is 0.00735 e. The molecule has 0 heterocycles. The summed E-state index contributed by atoms with van der Waals surface area (Å²) in [5, 5.41) is 6.37. The fourth-order valence-corrected chi connectivity index (χ4v) is 0.871. The van der Waals surface area contributed by atoms with Crippen LogP contribution in [-0.4, -0.2) is 26.7 Å². The molecule has 0 aliphatic heterocycles. The lowest BCUT2D eigenvalue weighted by atomic mass is 10.1. The molecule has 0 amide bonds. The highest BCUT2D eigenvalue weighted by Crippen LogP contribution is 1.93. The summed E-state index contributed by atoms with van der Waals surface area (Å²) in [6.45, 7) is 7.32. The van der Waals surface area contributed by atoms with Gasteiger partial charge in [-0.05, 0) is 33.5 Å². The van der Waals surface area contributed by atoms with Gasteiger partial charge in [0.25, 0.3) is 0 Å². The molecule has 0 aliphatic carbocycles. The monoisotopic (exact) mass is 160 g/mol. The lowest BCUT2D eigenvalue weighted by Gasteiger charge is -2.12.